The van der Waals surface area contributed by atoms with Gasteiger partial charge >= 0.3 is 5.97 Å². The van der Waals surface area contributed by atoms with Crippen LogP contribution in [0.1, 0.15) is 31.2 Å². The van der Waals surface area contributed by atoms with Gasteiger partial charge in [0.15, 0.2) is 4.80 Å². The Labute approximate surface area is 231 Å². The van der Waals surface area contributed by atoms with Crippen molar-refractivity contribution in [3.8, 4) is 17.1 Å². The molecule has 7 nitrogen and oxygen atoms in total. The summed E-state index contributed by atoms with van der Waals surface area (Å²) >= 11 is 13.7. The van der Waals surface area contributed by atoms with Gasteiger partial charge in [-0.1, -0.05) is 52.7 Å². The van der Waals surface area contributed by atoms with Crippen molar-refractivity contribution >= 4 is 46.6 Å². The molecule has 0 fully saturated rings. The van der Waals surface area contributed by atoms with Gasteiger partial charge in [-0.05, 0) is 50.2 Å². The number of aromatic nitrogens is 1. The van der Waals surface area contributed by atoms with Crippen LogP contribution in [0.2, 0.25) is 10.0 Å². The Bertz CT molecular complexity index is 1770. The number of halogens is 2. The van der Waals surface area contributed by atoms with E-state index in [9.17, 15) is 9.59 Å². The first-order valence-electron chi connectivity index (χ1n) is 11.7. The van der Waals surface area contributed by atoms with Crippen molar-refractivity contribution in [2.24, 2.45) is 4.99 Å². The summed E-state index contributed by atoms with van der Waals surface area (Å²) in [6, 6.07) is 15.1. The van der Waals surface area contributed by atoms with Crippen LogP contribution in [0.3, 0.4) is 0 Å². The molecular weight excluding hydrogens is 547 g/mol. The summed E-state index contributed by atoms with van der Waals surface area (Å²) in [6.07, 6.45) is 1.65. The lowest BCUT2D eigenvalue weighted by atomic mass is 9.95. The quantitative estimate of drug-likeness (QED) is 0.292. The number of methoxy groups -OCH3 is 1. The number of rotatable bonds is 6. The van der Waals surface area contributed by atoms with Gasteiger partial charge in [-0.2, -0.15) is 0 Å². The van der Waals surface area contributed by atoms with E-state index in [4.69, 9.17) is 37.1 Å². The highest BCUT2D eigenvalue weighted by molar-refractivity contribution is 7.07. The van der Waals surface area contributed by atoms with E-state index in [0.29, 0.717) is 53.5 Å². The van der Waals surface area contributed by atoms with Crippen LogP contribution in [0.4, 0.5) is 0 Å². The van der Waals surface area contributed by atoms with Gasteiger partial charge in [0.2, 0.25) is 0 Å². The number of benzene rings is 2. The molecular formula is C28H22Cl2N2O5S. The third-order valence-electron chi connectivity index (χ3n) is 6.04. The van der Waals surface area contributed by atoms with Crippen LogP contribution in [-0.2, 0) is 9.53 Å². The summed E-state index contributed by atoms with van der Waals surface area (Å²) in [6.45, 7) is 3.66. The summed E-state index contributed by atoms with van der Waals surface area (Å²) in [4.78, 5) is 31.9. The van der Waals surface area contributed by atoms with E-state index in [1.807, 2.05) is 18.2 Å². The van der Waals surface area contributed by atoms with Crippen molar-refractivity contribution in [2.45, 2.75) is 19.9 Å². The van der Waals surface area contributed by atoms with E-state index in [1.54, 1.807) is 63.4 Å². The molecule has 194 valence electrons. The summed E-state index contributed by atoms with van der Waals surface area (Å²) in [5, 5.41) is 1.02. The molecule has 0 bridgehead atoms. The minimum Gasteiger partial charge on any atom is -0.496 e. The lowest BCUT2D eigenvalue weighted by Gasteiger charge is -2.25. The number of thiazole rings is 1. The third kappa shape index (κ3) is 4.71. The number of hydrogen-bond acceptors (Lipinski definition) is 7. The van der Waals surface area contributed by atoms with Crippen LogP contribution in [0.5, 0.6) is 5.75 Å². The van der Waals surface area contributed by atoms with Gasteiger partial charge in [0.25, 0.3) is 5.56 Å². The van der Waals surface area contributed by atoms with Crippen LogP contribution in [-0.4, -0.2) is 24.3 Å². The molecule has 0 unspecified atom stereocenters. The zero-order valence-corrected chi connectivity index (χ0v) is 23.0. The predicted octanol–water partition coefficient (Wildman–Crippen LogP) is 5.37. The second kappa shape index (κ2) is 10.6. The molecule has 0 aliphatic carbocycles. The molecule has 2 aromatic heterocycles. The average molecular weight is 569 g/mol. The molecule has 0 amide bonds. The van der Waals surface area contributed by atoms with Crippen molar-refractivity contribution in [3.05, 3.63) is 107 Å². The topological polar surface area (TPSA) is 83.0 Å². The van der Waals surface area contributed by atoms with Crippen LogP contribution in [0.15, 0.2) is 80.1 Å². The first kappa shape index (κ1) is 26.0. The molecule has 3 heterocycles. The first-order valence-corrected chi connectivity index (χ1v) is 13.3. The predicted molar refractivity (Wildman–Crippen MR) is 148 cm³/mol. The summed E-state index contributed by atoms with van der Waals surface area (Å²) in [5.74, 6) is 0.978. The number of ether oxygens (including phenoxy) is 2. The van der Waals surface area contributed by atoms with Gasteiger partial charge in [-0.3, -0.25) is 9.36 Å². The minimum absolute atomic E-state index is 0.191. The SMILES string of the molecule is CCOC(=O)C1=C(C)N=c2s/c(=C/c3ccc(-c4cc(Cl)ccc4Cl)o3)c(=O)n2[C@@H]1c1ccccc1OC. The largest absolute Gasteiger partial charge is 0.496 e. The molecule has 1 aliphatic heterocycles. The fourth-order valence-corrected chi connectivity index (χ4v) is 5.78. The molecule has 0 saturated carbocycles. The Kier molecular flexibility index (Phi) is 7.29. The molecule has 5 rings (SSSR count). The maximum absolute atomic E-state index is 13.8. The molecule has 1 atom stereocenters. The van der Waals surface area contributed by atoms with E-state index in [2.05, 4.69) is 4.99 Å². The molecule has 0 spiro atoms. The minimum atomic E-state index is -0.777. The zero-order chi connectivity index (χ0) is 27.0. The van der Waals surface area contributed by atoms with E-state index in [1.165, 1.54) is 15.9 Å². The molecule has 1 aliphatic rings. The normalized spacial score (nSPS) is 15.3. The number of nitrogens with zero attached hydrogens (tertiary/aromatic N) is 2. The van der Waals surface area contributed by atoms with Crippen molar-refractivity contribution in [2.75, 3.05) is 13.7 Å². The highest BCUT2D eigenvalue weighted by Gasteiger charge is 2.35. The van der Waals surface area contributed by atoms with Gasteiger partial charge in [0.05, 0.1) is 34.5 Å². The molecule has 0 saturated heterocycles. The Morgan fingerprint density at radius 2 is 1.97 bits per heavy atom. The van der Waals surface area contributed by atoms with Gasteiger partial charge in [0, 0.05) is 22.2 Å². The van der Waals surface area contributed by atoms with Gasteiger partial charge in [-0.15, -0.1) is 0 Å². The number of hydrogen-bond donors (Lipinski definition) is 0. The van der Waals surface area contributed by atoms with Crippen LogP contribution >= 0.6 is 34.5 Å². The Morgan fingerprint density at radius 3 is 2.74 bits per heavy atom. The third-order valence-corrected chi connectivity index (χ3v) is 7.59. The molecule has 10 heteroatoms. The molecule has 4 aromatic rings. The highest BCUT2D eigenvalue weighted by atomic mass is 35.5. The summed E-state index contributed by atoms with van der Waals surface area (Å²) < 4.78 is 18.8. The number of allylic oxidation sites excluding steroid dienone is 1. The lowest BCUT2D eigenvalue weighted by molar-refractivity contribution is -0.139. The van der Waals surface area contributed by atoms with E-state index in [0.717, 1.165) is 0 Å². The van der Waals surface area contributed by atoms with Gasteiger partial charge < -0.3 is 13.9 Å². The van der Waals surface area contributed by atoms with Crippen molar-refractivity contribution in [1.29, 1.82) is 0 Å². The molecule has 2 aromatic carbocycles. The Balaban J connectivity index is 1.67. The van der Waals surface area contributed by atoms with Crippen LogP contribution < -0.4 is 19.6 Å². The zero-order valence-electron chi connectivity index (χ0n) is 20.7. The number of carbonyl (C=O) groups is 1. The van der Waals surface area contributed by atoms with E-state index in [-0.39, 0.29) is 17.7 Å². The standard InChI is InChI=1S/C28H22Cl2N2O5S/c1-4-36-27(34)24-15(2)31-28-32(25(24)18-7-5-6-8-21(18)35-3)26(33)23(38-28)14-17-10-12-22(37-17)19-13-16(29)9-11-20(19)30/h5-14,25H,4H2,1-3H3/b23-14+/t25-/m1/s1. The fourth-order valence-electron chi connectivity index (χ4n) is 4.37. The molecule has 38 heavy (non-hydrogen) atoms. The lowest BCUT2D eigenvalue weighted by Crippen LogP contribution is -2.40. The number of carbonyl (C=O) groups excluding carboxylic acids is 1. The number of para-hydroxylation sites is 1. The fraction of sp³-hybridized carbons (Fsp3) is 0.179. The van der Waals surface area contributed by atoms with Crippen molar-refractivity contribution < 1.29 is 18.7 Å². The average Bonchev–Trinajstić information content (AvgIpc) is 3.49. The van der Waals surface area contributed by atoms with Gasteiger partial charge in [-0.25, -0.2) is 9.79 Å². The summed E-state index contributed by atoms with van der Waals surface area (Å²) in [5.41, 5.74) is 1.73. The first-order chi connectivity index (χ1) is 18.3. The number of esters is 1. The second-order valence-corrected chi connectivity index (χ2v) is 10.2. The monoisotopic (exact) mass is 568 g/mol. The Morgan fingerprint density at radius 1 is 1.18 bits per heavy atom. The number of fused-ring (bicyclic) bond motifs is 1. The highest BCUT2D eigenvalue weighted by Crippen LogP contribution is 2.36. The number of furan rings is 1. The van der Waals surface area contributed by atoms with Crippen molar-refractivity contribution in [3.63, 3.8) is 0 Å². The molecule has 0 radical (unpaired) electrons. The van der Waals surface area contributed by atoms with E-state index >= 15 is 0 Å². The maximum Gasteiger partial charge on any atom is 0.338 e. The summed E-state index contributed by atoms with van der Waals surface area (Å²) in [7, 11) is 1.55. The van der Waals surface area contributed by atoms with Crippen molar-refractivity contribution in [1.82, 2.24) is 4.57 Å². The maximum atomic E-state index is 13.8. The Hall–Kier alpha value is -3.59. The van der Waals surface area contributed by atoms with Crippen LogP contribution in [0, 0.1) is 0 Å². The van der Waals surface area contributed by atoms with Gasteiger partial charge in [0.1, 0.15) is 23.3 Å². The second-order valence-electron chi connectivity index (χ2n) is 8.37. The van der Waals surface area contributed by atoms with E-state index < -0.39 is 12.0 Å². The molecule has 0 N–H and O–H groups in total. The smallest absolute Gasteiger partial charge is 0.338 e. The van der Waals surface area contributed by atoms with Crippen LogP contribution in [0.25, 0.3) is 17.4 Å².